The molecule has 0 radical (unpaired) electrons. The van der Waals surface area contributed by atoms with E-state index in [0.717, 1.165) is 74.8 Å². The molecule has 1 aromatic heterocycles. The lowest BCUT2D eigenvalue weighted by molar-refractivity contribution is 0.294. The van der Waals surface area contributed by atoms with Crippen LogP contribution in [0.25, 0.3) is 22.4 Å². The highest BCUT2D eigenvalue weighted by Gasteiger charge is 2.12. The zero-order chi connectivity index (χ0) is 23.1. The maximum Gasteiger partial charge on any atom is 0.138 e. The van der Waals surface area contributed by atoms with Crippen LogP contribution >= 0.6 is 23.2 Å². The quantitative estimate of drug-likeness (QED) is 0.347. The van der Waals surface area contributed by atoms with Crippen LogP contribution in [0.3, 0.4) is 0 Å². The van der Waals surface area contributed by atoms with Crippen molar-refractivity contribution in [3.05, 3.63) is 46.4 Å². The molecular formula is C25H35Cl2N5. The van der Waals surface area contributed by atoms with Gasteiger partial charge in [0.2, 0.25) is 0 Å². The largest absolute Gasteiger partial charge is 0.369 e. The highest BCUT2D eigenvalue weighted by atomic mass is 35.5. The first-order valence-corrected chi connectivity index (χ1v) is 12.4. The zero-order valence-electron chi connectivity index (χ0n) is 19.7. The van der Waals surface area contributed by atoms with Crippen LogP contribution in [-0.4, -0.2) is 72.1 Å². The van der Waals surface area contributed by atoms with E-state index in [-0.39, 0.29) is 0 Å². The lowest BCUT2D eigenvalue weighted by Gasteiger charge is -2.30. The molecule has 0 saturated carbocycles. The second-order valence-electron chi connectivity index (χ2n) is 7.96. The number of halogens is 2. The summed E-state index contributed by atoms with van der Waals surface area (Å²) in [6, 6.07) is 12.3. The summed E-state index contributed by atoms with van der Waals surface area (Å²) in [6.07, 6.45) is 0. The fourth-order valence-electron chi connectivity index (χ4n) is 3.95. The Bertz CT molecular complexity index is 923. The van der Waals surface area contributed by atoms with Gasteiger partial charge in [-0.3, -0.25) is 0 Å². The topological polar surface area (TPSA) is 38.4 Å². The van der Waals surface area contributed by atoms with Gasteiger partial charge < -0.3 is 19.7 Å². The molecule has 0 bridgehead atoms. The van der Waals surface area contributed by atoms with E-state index in [9.17, 15) is 0 Å². The van der Waals surface area contributed by atoms with Gasteiger partial charge in [0.05, 0.1) is 21.1 Å². The Morgan fingerprint density at radius 2 is 1.28 bits per heavy atom. The number of anilines is 1. The van der Waals surface area contributed by atoms with Crippen molar-refractivity contribution in [2.24, 2.45) is 0 Å². The second kappa shape index (κ2) is 11.9. The number of hydrogen-bond acceptors (Lipinski definition) is 4. The van der Waals surface area contributed by atoms with Gasteiger partial charge in [0.25, 0.3) is 0 Å². The molecular weight excluding hydrogens is 441 g/mol. The van der Waals surface area contributed by atoms with Gasteiger partial charge in [0, 0.05) is 37.4 Å². The Kier molecular flexibility index (Phi) is 9.23. The Labute approximate surface area is 202 Å². The average Bonchev–Trinajstić information content (AvgIpc) is 3.22. The number of hydrogen-bond donors (Lipinski definition) is 1. The highest BCUT2D eigenvalue weighted by Crippen LogP contribution is 2.29. The second-order valence-corrected chi connectivity index (χ2v) is 8.77. The van der Waals surface area contributed by atoms with Crippen molar-refractivity contribution in [3.63, 3.8) is 0 Å². The number of nitrogens with zero attached hydrogens (tertiary/aromatic N) is 4. The third-order valence-corrected chi connectivity index (χ3v) is 6.91. The lowest BCUT2D eigenvalue weighted by atomic mass is 10.2. The first-order valence-electron chi connectivity index (χ1n) is 11.6. The molecule has 174 valence electrons. The Morgan fingerprint density at radius 1 is 0.750 bits per heavy atom. The Balaban J connectivity index is 1.79. The van der Waals surface area contributed by atoms with Crippen LogP contribution < -0.4 is 4.90 Å². The van der Waals surface area contributed by atoms with E-state index in [2.05, 4.69) is 71.6 Å². The summed E-state index contributed by atoms with van der Waals surface area (Å²) < 4.78 is 0. The average molecular weight is 476 g/mol. The van der Waals surface area contributed by atoms with E-state index in [1.165, 1.54) is 5.69 Å². The summed E-state index contributed by atoms with van der Waals surface area (Å²) in [6.45, 7) is 17.4. The van der Waals surface area contributed by atoms with Crippen molar-refractivity contribution >= 4 is 39.9 Å². The summed E-state index contributed by atoms with van der Waals surface area (Å²) in [5.41, 5.74) is 4.00. The van der Waals surface area contributed by atoms with E-state index >= 15 is 0 Å². The molecule has 0 aliphatic heterocycles. The Hall–Kier alpha value is -1.79. The van der Waals surface area contributed by atoms with Gasteiger partial charge in [-0.05, 0) is 62.6 Å². The monoisotopic (exact) mass is 475 g/mol. The molecule has 0 aliphatic carbocycles. The van der Waals surface area contributed by atoms with E-state index in [1.54, 1.807) is 6.07 Å². The van der Waals surface area contributed by atoms with Crippen LogP contribution in [0.2, 0.25) is 10.0 Å². The lowest BCUT2D eigenvalue weighted by Crippen LogP contribution is -2.39. The number of H-pyrrole nitrogens is 1. The molecule has 1 N–H and O–H groups in total. The fourth-order valence-corrected chi connectivity index (χ4v) is 4.27. The number of rotatable bonds is 12. The minimum atomic E-state index is 0.518. The van der Waals surface area contributed by atoms with Crippen LogP contribution in [0.15, 0.2) is 36.4 Å². The van der Waals surface area contributed by atoms with E-state index in [1.807, 2.05) is 6.07 Å². The van der Waals surface area contributed by atoms with Crippen LogP contribution in [0, 0.1) is 0 Å². The van der Waals surface area contributed by atoms with Crippen molar-refractivity contribution in [2.45, 2.75) is 27.7 Å². The van der Waals surface area contributed by atoms with Crippen molar-refractivity contribution in [3.8, 4) is 11.4 Å². The fraction of sp³-hybridized carbons (Fsp3) is 0.480. The number of benzene rings is 2. The van der Waals surface area contributed by atoms with Gasteiger partial charge in [-0.25, -0.2) is 4.98 Å². The van der Waals surface area contributed by atoms with Crippen LogP contribution in [0.1, 0.15) is 27.7 Å². The molecule has 0 fully saturated rings. The molecule has 0 saturated heterocycles. The van der Waals surface area contributed by atoms with Crippen molar-refractivity contribution in [2.75, 3.05) is 57.3 Å². The van der Waals surface area contributed by atoms with Crippen LogP contribution in [0.4, 0.5) is 5.69 Å². The van der Waals surface area contributed by atoms with E-state index in [4.69, 9.17) is 28.2 Å². The van der Waals surface area contributed by atoms with Crippen molar-refractivity contribution < 1.29 is 0 Å². The van der Waals surface area contributed by atoms with Crippen molar-refractivity contribution in [1.82, 2.24) is 19.8 Å². The van der Waals surface area contributed by atoms with Gasteiger partial charge in [-0.15, -0.1) is 0 Å². The smallest absolute Gasteiger partial charge is 0.138 e. The predicted molar refractivity (Wildman–Crippen MR) is 139 cm³/mol. The first-order chi connectivity index (χ1) is 15.5. The van der Waals surface area contributed by atoms with E-state index in [0.29, 0.717) is 10.0 Å². The zero-order valence-corrected chi connectivity index (χ0v) is 21.2. The molecule has 3 aromatic rings. The number of imidazole rings is 1. The van der Waals surface area contributed by atoms with Gasteiger partial charge >= 0.3 is 0 Å². The summed E-state index contributed by atoms with van der Waals surface area (Å²) in [5.74, 6) is 0.822. The highest BCUT2D eigenvalue weighted by molar-refractivity contribution is 6.42. The number of fused-ring (bicyclic) bond motifs is 1. The molecule has 5 nitrogen and oxygen atoms in total. The van der Waals surface area contributed by atoms with E-state index < -0.39 is 0 Å². The summed E-state index contributed by atoms with van der Waals surface area (Å²) in [5, 5.41) is 1.05. The Morgan fingerprint density at radius 3 is 1.81 bits per heavy atom. The summed E-state index contributed by atoms with van der Waals surface area (Å²) >= 11 is 12.3. The number of aromatic amines is 1. The molecule has 0 atom stereocenters. The third-order valence-electron chi connectivity index (χ3n) is 6.19. The van der Waals surface area contributed by atoms with Crippen molar-refractivity contribution in [1.29, 1.82) is 0 Å². The van der Waals surface area contributed by atoms with Gasteiger partial charge in [-0.1, -0.05) is 50.9 Å². The molecule has 1 heterocycles. The SMILES string of the molecule is CCN(CC)CCN(CCN(CC)CC)c1ccc(-c2nc3cc(Cl)c(Cl)cc3[nH]2)cc1. The number of aromatic nitrogens is 2. The molecule has 0 unspecified atom stereocenters. The molecule has 0 amide bonds. The summed E-state index contributed by atoms with van der Waals surface area (Å²) in [7, 11) is 0. The summed E-state index contributed by atoms with van der Waals surface area (Å²) in [4.78, 5) is 15.5. The van der Waals surface area contributed by atoms with Crippen LogP contribution in [0.5, 0.6) is 0 Å². The standard InChI is InChI=1S/C25H35Cl2N5/c1-5-30(6-2)13-15-32(16-14-31(7-3)8-4)20-11-9-19(10-12-20)25-28-23-17-21(26)22(27)18-24(23)29-25/h9-12,17-18H,5-8,13-16H2,1-4H3,(H,28,29). The predicted octanol–water partition coefficient (Wildman–Crippen LogP) is 6.03. The van der Waals surface area contributed by atoms with Gasteiger partial charge in [0.15, 0.2) is 0 Å². The minimum absolute atomic E-state index is 0.518. The molecule has 7 heteroatoms. The normalized spacial score (nSPS) is 11.8. The maximum absolute atomic E-state index is 6.15. The number of likely N-dealkylation sites (N-methyl/N-ethyl adjacent to an activating group) is 2. The molecule has 2 aromatic carbocycles. The van der Waals surface area contributed by atoms with Crippen LogP contribution in [-0.2, 0) is 0 Å². The maximum atomic E-state index is 6.15. The first kappa shape index (κ1) is 24.8. The molecule has 32 heavy (non-hydrogen) atoms. The molecule has 0 spiro atoms. The minimum Gasteiger partial charge on any atom is -0.369 e. The van der Waals surface area contributed by atoms with Gasteiger partial charge in [0.1, 0.15) is 5.82 Å². The van der Waals surface area contributed by atoms with Gasteiger partial charge in [-0.2, -0.15) is 0 Å². The third kappa shape index (κ3) is 6.16. The molecule has 3 rings (SSSR count). The number of nitrogens with one attached hydrogen (secondary N) is 1. The molecule has 0 aliphatic rings.